The summed E-state index contributed by atoms with van der Waals surface area (Å²) in [5.74, 6) is -1.85. The van der Waals surface area contributed by atoms with Gasteiger partial charge in [-0.3, -0.25) is 14.5 Å². The highest BCUT2D eigenvalue weighted by Crippen LogP contribution is 2.42. The van der Waals surface area contributed by atoms with Crippen LogP contribution in [0.1, 0.15) is 33.3 Å². The lowest BCUT2D eigenvalue weighted by atomic mass is 9.94. The van der Waals surface area contributed by atoms with Crippen LogP contribution in [-0.2, 0) is 14.3 Å². The Kier molecular flexibility index (Phi) is 6.12. The van der Waals surface area contributed by atoms with E-state index in [2.05, 4.69) is 5.16 Å². The monoisotopic (exact) mass is 482 g/mol. The summed E-state index contributed by atoms with van der Waals surface area (Å²) >= 11 is 6.20. The van der Waals surface area contributed by atoms with Gasteiger partial charge in [-0.2, -0.15) is 0 Å². The molecule has 34 heavy (non-hydrogen) atoms. The predicted molar refractivity (Wildman–Crippen MR) is 122 cm³/mol. The zero-order valence-corrected chi connectivity index (χ0v) is 19.1. The van der Waals surface area contributed by atoms with Crippen LogP contribution in [0.15, 0.2) is 58.6 Å². The molecule has 0 unspecified atom stereocenters. The Morgan fingerprint density at radius 1 is 1.09 bits per heavy atom. The number of hydrogen-bond acceptors (Lipinski definition) is 8. The first kappa shape index (κ1) is 23.1. The minimum atomic E-state index is -1.04. The first-order valence-corrected chi connectivity index (χ1v) is 10.4. The van der Waals surface area contributed by atoms with Crippen LogP contribution in [-0.4, -0.2) is 42.1 Å². The number of amides is 1. The molecular weight excluding hydrogens is 464 g/mol. The Morgan fingerprint density at radius 3 is 2.32 bits per heavy atom. The van der Waals surface area contributed by atoms with E-state index in [-0.39, 0.29) is 27.5 Å². The predicted octanol–water partition coefficient (Wildman–Crippen LogP) is 4.06. The first-order valence-electron chi connectivity index (χ1n) is 10.0. The number of carbonyl (C=O) groups is 3. The molecule has 1 aromatic heterocycles. The fourth-order valence-electron chi connectivity index (χ4n) is 3.74. The molecule has 174 valence electrons. The molecule has 1 aliphatic rings. The third-order valence-corrected chi connectivity index (χ3v) is 5.67. The molecule has 1 amide bonds. The summed E-state index contributed by atoms with van der Waals surface area (Å²) in [6.45, 7) is 1.65. The van der Waals surface area contributed by atoms with Gasteiger partial charge in [0.15, 0.2) is 5.82 Å². The van der Waals surface area contributed by atoms with Crippen molar-refractivity contribution in [2.24, 2.45) is 0 Å². The van der Waals surface area contributed by atoms with E-state index in [0.29, 0.717) is 17.1 Å². The maximum atomic E-state index is 13.1. The third kappa shape index (κ3) is 3.90. The molecule has 1 atom stereocenters. The van der Waals surface area contributed by atoms with Crippen molar-refractivity contribution in [3.8, 4) is 5.75 Å². The molecule has 1 saturated heterocycles. The number of methoxy groups -OCH3 is 2. The van der Waals surface area contributed by atoms with Gasteiger partial charge in [-0.15, -0.1) is 0 Å². The molecule has 9 nitrogen and oxygen atoms in total. The number of ketones is 1. The van der Waals surface area contributed by atoms with Gasteiger partial charge in [-0.05, 0) is 42.8 Å². The molecule has 0 saturated carbocycles. The maximum Gasteiger partial charge on any atom is 0.337 e. The maximum absolute atomic E-state index is 13.1. The summed E-state index contributed by atoms with van der Waals surface area (Å²) in [6.07, 6.45) is 0. The second kappa shape index (κ2) is 9.03. The summed E-state index contributed by atoms with van der Waals surface area (Å²) < 4.78 is 15.0. The van der Waals surface area contributed by atoms with Crippen molar-refractivity contribution in [2.75, 3.05) is 19.1 Å². The number of halogens is 1. The van der Waals surface area contributed by atoms with Crippen LogP contribution in [0, 0.1) is 6.92 Å². The summed E-state index contributed by atoms with van der Waals surface area (Å²) in [4.78, 5) is 39.2. The zero-order chi connectivity index (χ0) is 24.6. The van der Waals surface area contributed by atoms with Crippen molar-refractivity contribution in [2.45, 2.75) is 13.0 Å². The van der Waals surface area contributed by atoms with E-state index in [4.69, 9.17) is 25.6 Å². The second-order valence-corrected chi connectivity index (χ2v) is 7.83. The summed E-state index contributed by atoms with van der Waals surface area (Å²) in [6, 6.07) is 11.1. The smallest absolute Gasteiger partial charge is 0.337 e. The summed E-state index contributed by atoms with van der Waals surface area (Å²) in [7, 11) is 2.71. The van der Waals surface area contributed by atoms with Crippen LogP contribution in [0.2, 0.25) is 5.02 Å². The van der Waals surface area contributed by atoms with Crippen LogP contribution in [0.4, 0.5) is 5.82 Å². The molecule has 0 aliphatic carbocycles. The number of esters is 1. The lowest BCUT2D eigenvalue weighted by Crippen LogP contribution is -2.29. The number of benzene rings is 2. The molecule has 4 rings (SSSR count). The van der Waals surface area contributed by atoms with E-state index in [1.165, 1.54) is 50.6 Å². The number of aliphatic hydroxyl groups is 1. The Labute approximate surface area is 199 Å². The lowest BCUT2D eigenvalue weighted by Gasteiger charge is -2.23. The largest absolute Gasteiger partial charge is 0.507 e. The van der Waals surface area contributed by atoms with E-state index in [1.807, 2.05) is 0 Å². The van der Waals surface area contributed by atoms with E-state index >= 15 is 0 Å². The number of hydrogen-bond donors (Lipinski definition) is 1. The van der Waals surface area contributed by atoms with Crippen LogP contribution in [0.5, 0.6) is 5.75 Å². The molecule has 1 fully saturated rings. The second-order valence-electron chi connectivity index (χ2n) is 7.43. The SMILES string of the molecule is COC(=O)c1ccc([C@@H]2/C(=C(\O)c3ccc(OC)c(Cl)c3)C(=O)C(=O)N2c2cc(C)on2)cc1. The number of aliphatic hydroxyl groups excluding tert-OH is 1. The quantitative estimate of drug-likeness (QED) is 0.250. The van der Waals surface area contributed by atoms with E-state index in [9.17, 15) is 19.5 Å². The topological polar surface area (TPSA) is 119 Å². The number of Topliss-reactive ketones (excluding diaryl/α,β-unsaturated/α-hetero) is 1. The Bertz CT molecular complexity index is 1330. The highest BCUT2D eigenvalue weighted by atomic mass is 35.5. The number of aromatic nitrogens is 1. The Morgan fingerprint density at radius 2 is 1.76 bits per heavy atom. The number of aryl methyl sites for hydroxylation is 1. The molecule has 0 bridgehead atoms. The van der Waals surface area contributed by atoms with Gasteiger partial charge in [-0.25, -0.2) is 4.79 Å². The molecule has 2 heterocycles. The zero-order valence-electron chi connectivity index (χ0n) is 18.4. The van der Waals surface area contributed by atoms with Gasteiger partial charge in [0.05, 0.1) is 36.4 Å². The van der Waals surface area contributed by atoms with Gasteiger partial charge in [0, 0.05) is 11.6 Å². The standard InChI is InChI=1S/C24H19ClN2O7/c1-12-10-18(26-34-12)27-20(13-4-6-14(7-5-13)24(31)33-3)19(22(29)23(27)30)21(28)15-8-9-17(32-2)16(25)11-15/h4-11,20,28H,1-3H3/b21-19+/t20-/m1/s1. The van der Waals surface area contributed by atoms with Crippen LogP contribution >= 0.6 is 11.6 Å². The Balaban J connectivity index is 1.90. The lowest BCUT2D eigenvalue weighted by molar-refractivity contribution is -0.132. The van der Waals surface area contributed by atoms with E-state index in [0.717, 1.165) is 4.90 Å². The van der Waals surface area contributed by atoms with Gasteiger partial charge in [0.2, 0.25) is 0 Å². The summed E-state index contributed by atoms with van der Waals surface area (Å²) in [5.41, 5.74) is 0.783. The highest BCUT2D eigenvalue weighted by Gasteiger charge is 2.48. The number of carbonyl (C=O) groups excluding carboxylic acids is 3. The van der Waals surface area contributed by atoms with Crippen molar-refractivity contribution in [3.05, 3.63) is 81.6 Å². The van der Waals surface area contributed by atoms with Crippen LogP contribution in [0.25, 0.3) is 5.76 Å². The first-order chi connectivity index (χ1) is 16.3. The van der Waals surface area contributed by atoms with Crippen molar-refractivity contribution in [1.82, 2.24) is 5.16 Å². The molecular formula is C24H19ClN2O7. The molecule has 10 heteroatoms. The number of nitrogens with zero attached hydrogens (tertiary/aromatic N) is 2. The molecule has 2 aromatic carbocycles. The van der Waals surface area contributed by atoms with E-state index in [1.54, 1.807) is 19.1 Å². The normalized spacial score (nSPS) is 17.2. The van der Waals surface area contributed by atoms with Gasteiger partial charge in [0.1, 0.15) is 17.3 Å². The summed E-state index contributed by atoms with van der Waals surface area (Å²) in [5, 5.41) is 15.2. The van der Waals surface area contributed by atoms with Crippen molar-refractivity contribution in [1.29, 1.82) is 0 Å². The van der Waals surface area contributed by atoms with Gasteiger partial charge in [-0.1, -0.05) is 28.9 Å². The molecule has 3 aromatic rings. The number of anilines is 1. The third-order valence-electron chi connectivity index (χ3n) is 5.38. The number of ether oxygens (including phenoxy) is 2. The van der Waals surface area contributed by atoms with Gasteiger partial charge >= 0.3 is 11.9 Å². The Hall–Kier alpha value is -4.11. The fraction of sp³-hybridized carbons (Fsp3) is 0.167. The molecule has 0 radical (unpaired) electrons. The average molecular weight is 483 g/mol. The average Bonchev–Trinajstić information content (AvgIpc) is 3.38. The van der Waals surface area contributed by atoms with Gasteiger partial charge in [0.25, 0.3) is 5.78 Å². The fourth-order valence-corrected chi connectivity index (χ4v) is 4.00. The van der Waals surface area contributed by atoms with Crippen molar-refractivity contribution >= 4 is 40.8 Å². The van der Waals surface area contributed by atoms with E-state index < -0.39 is 29.5 Å². The molecule has 1 N–H and O–H groups in total. The molecule has 1 aliphatic heterocycles. The minimum Gasteiger partial charge on any atom is -0.507 e. The van der Waals surface area contributed by atoms with Crippen molar-refractivity contribution in [3.63, 3.8) is 0 Å². The number of rotatable bonds is 5. The molecule has 0 spiro atoms. The van der Waals surface area contributed by atoms with Crippen LogP contribution in [0.3, 0.4) is 0 Å². The van der Waals surface area contributed by atoms with Crippen LogP contribution < -0.4 is 9.64 Å². The van der Waals surface area contributed by atoms with Gasteiger partial charge < -0.3 is 19.1 Å². The minimum absolute atomic E-state index is 0.105. The van der Waals surface area contributed by atoms with Crippen molar-refractivity contribution < 1.29 is 33.5 Å². The highest BCUT2D eigenvalue weighted by molar-refractivity contribution is 6.51.